The van der Waals surface area contributed by atoms with E-state index in [0.29, 0.717) is 12.0 Å². The van der Waals surface area contributed by atoms with E-state index in [1.807, 2.05) is 24.3 Å². The molecule has 1 atom stereocenters. The number of hydrogen-bond donors (Lipinski definition) is 1. The van der Waals surface area contributed by atoms with Gasteiger partial charge in [-0.2, -0.15) is 0 Å². The van der Waals surface area contributed by atoms with Crippen LogP contribution in [0.1, 0.15) is 12.8 Å². The number of benzene rings is 1. The van der Waals surface area contributed by atoms with Crippen LogP contribution >= 0.6 is 0 Å². The first-order valence-corrected chi connectivity index (χ1v) is 5.85. The molecule has 5 heteroatoms. The first-order chi connectivity index (χ1) is 8.42. The summed E-state index contributed by atoms with van der Waals surface area (Å²) in [6.07, 6.45) is 2.18. The first kappa shape index (κ1) is 10.4. The topological polar surface area (TPSA) is 59.9 Å². The second-order valence-electron chi connectivity index (χ2n) is 4.18. The summed E-state index contributed by atoms with van der Waals surface area (Å²) < 4.78 is 5.40. The van der Waals surface area contributed by atoms with E-state index < -0.39 is 0 Å². The van der Waals surface area contributed by atoms with E-state index in [0.717, 1.165) is 37.1 Å². The SMILES string of the molecule is c1ccc2nc(NC3CCCOC3)nnc2c1. The lowest BCUT2D eigenvalue weighted by molar-refractivity contribution is 0.0874. The van der Waals surface area contributed by atoms with Crippen LogP contribution in [-0.4, -0.2) is 34.4 Å². The smallest absolute Gasteiger partial charge is 0.243 e. The zero-order chi connectivity index (χ0) is 11.5. The van der Waals surface area contributed by atoms with Gasteiger partial charge in [-0.15, -0.1) is 10.2 Å². The number of anilines is 1. The molecular weight excluding hydrogens is 216 g/mol. The lowest BCUT2D eigenvalue weighted by atomic mass is 10.1. The molecule has 0 aliphatic carbocycles. The summed E-state index contributed by atoms with van der Waals surface area (Å²) >= 11 is 0. The van der Waals surface area contributed by atoms with Gasteiger partial charge in [-0.25, -0.2) is 4.98 Å². The van der Waals surface area contributed by atoms with Crippen molar-refractivity contribution in [3.05, 3.63) is 24.3 Å². The molecule has 0 spiro atoms. The monoisotopic (exact) mass is 230 g/mol. The second-order valence-corrected chi connectivity index (χ2v) is 4.18. The molecule has 1 aromatic carbocycles. The molecule has 5 nitrogen and oxygen atoms in total. The van der Waals surface area contributed by atoms with Gasteiger partial charge in [-0.05, 0) is 25.0 Å². The summed E-state index contributed by atoms with van der Waals surface area (Å²) in [7, 11) is 0. The van der Waals surface area contributed by atoms with E-state index in [1.165, 1.54) is 0 Å². The predicted octanol–water partition coefficient (Wildman–Crippen LogP) is 1.62. The van der Waals surface area contributed by atoms with Crippen LogP contribution in [0.2, 0.25) is 0 Å². The molecule has 0 bridgehead atoms. The summed E-state index contributed by atoms with van der Waals surface area (Å²) in [4.78, 5) is 4.43. The Kier molecular flexibility index (Phi) is 2.83. The van der Waals surface area contributed by atoms with Crippen molar-refractivity contribution in [3.8, 4) is 0 Å². The molecule has 3 rings (SSSR count). The third-order valence-electron chi connectivity index (χ3n) is 2.85. The van der Waals surface area contributed by atoms with Gasteiger partial charge < -0.3 is 10.1 Å². The van der Waals surface area contributed by atoms with Crippen LogP contribution in [0, 0.1) is 0 Å². The Morgan fingerprint density at radius 3 is 2.88 bits per heavy atom. The van der Waals surface area contributed by atoms with Gasteiger partial charge in [0.1, 0.15) is 5.52 Å². The van der Waals surface area contributed by atoms with Crippen LogP contribution in [0.4, 0.5) is 5.95 Å². The van der Waals surface area contributed by atoms with Crippen LogP contribution in [0.5, 0.6) is 0 Å². The number of aromatic nitrogens is 3. The molecule has 0 radical (unpaired) electrons. The Morgan fingerprint density at radius 1 is 1.18 bits per heavy atom. The fourth-order valence-electron chi connectivity index (χ4n) is 1.98. The van der Waals surface area contributed by atoms with Crippen molar-refractivity contribution < 1.29 is 4.74 Å². The third kappa shape index (κ3) is 2.34. The van der Waals surface area contributed by atoms with Gasteiger partial charge in [0, 0.05) is 6.61 Å². The number of nitrogens with zero attached hydrogens (tertiary/aromatic N) is 3. The summed E-state index contributed by atoms with van der Waals surface area (Å²) in [5.41, 5.74) is 1.68. The average Bonchev–Trinajstić information content (AvgIpc) is 2.40. The molecular formula is C12H14N4O. The maximum atomic E-state index is 5.40. The Balaban J connectivity index is 1.80. The minimum Gasteiger partial charge on any atom is -0.379 e. The maximum absolute atomic E-state index is 5.40. The molecule has 1 fully saturated rings. The van der Waals surface area contributed by atoms with Crippen molar-refractivity contribution in [1.29, 1.82) is 0 Å². The zero-order valence-electron chi connectivity index (χ0n) is 9.47. The van der Waals surface area contributed by atoms with Crippen LogP contribution < -0.4 is 5.32 Å². The van der Waals surface area contributed by atoms with Crippen LogP contribution in [0.3, 0.4) is 0 Å². The number of nitrogens with one attached hydrogen (secondary N) is 1. The highest BCUT2D eigenvalue weighted by molar-refractivity contribution is 5.74. The van der Waals surface area contributed by atoms with Gasteiger partial charge in [-0.3, -0.25) is 0 Å². The van der Waals surface area contributed by atoms with Crippen LogP contribution in [0.25, 0.3) is 11.0 Å². The standard InChI is InChI=1S/C12H14N4O/c1-2-6-11-10(5-1)14-12(16-15-11)13-9-4-3-7-17-8-9/h1-2,5-6,9H,3-4,7-8H2,(H,13,14,16). The molecule has 1 saturated heterocycles. The quantitative estimate of drug-likeness (QED) is 0.849. The summed E-state index contributed by atoms with van der Waals surface area (Å²) in [6.45, 7) is 1.57. The highest BCUT2D eigenvalue weighted by Gasteiger charge is 2.14. The number of rotatable bonds is 2. The van der Waals surface area contributed by atoms with Crippen LogP contribution in [0.15, 0.2) is 24.3 Å². The summed E-state index contributed by atoms with van der Waals surface area (Å²) in [6, 6.07) is 8.02. The van der Waals surface area contributed by atoms with Gasteiger partial charge in [0.25, 0.3) is 0 Å². The Morgan fingerprint density at radius 2 is 2.06 bits per heavy atom. The molecule has 0 amide bonds. The molecule has 2 aromatic rings. The average molecular weight is 230 g/mol. The van der Waals surface area contributed by atoms with E-state index in [9.17, 15) is 0 Å². The van der Waals surface area contributed by atoms with E-state index >= 15 is 0 Å². The van der Waals surface area contributed by atoms with E-state index in [2.05, 4.69) is 20.5 Å². The highest BCUT2D eigenvalue weighted by Crippen LogP contribution is 2.13. The minimum absolute atomic E-state index is 0.298. The van der Waals surface area contributed by atoms with Crippen molar-refractivity contribution in [3.63, 3.8) is 0 Å². The fourth-order valence-corrected chi connectivity index (χ4v) is 1.98. The molecule has 2 heterocycles. The third-order valence-corrected chi connectivity index (χ3v) is 2.85. The minimum atomic E-state index is 0.298. The molecule has 1 aliphatic heterocycles. The lowest BCUT2D eigenvalue weighted by Gasteiger charge is -2.22. The summed E-state index contributed by atoms with van der Waals surface area (Å²) in [5, 5.41) is 11.5. The van der Waals surface area contributed by atoms with Crippen molar-refractivity contribution in [2.45, 2.75) is 18.9 Å². The Bertz CT molecular complexity index is 511. The van der Waals surface area contributed by atoms with Gasteiger partial charge in [0.05, 0.1) is 18.2 Å². The molecule has 1 aromatic heterocycles. The van der Waals surface area contributed by atoms with Gasteiger partial charge >= 0.3 is 0 Å². The molecule has 17 heavy (non-hydrogen) atoms. The van der Waals surface area contributed by atoms with Gasteiger partial charge in [0.15, 0.2) is 0 Å². The predicted molar refractivity (Wildman–Crippen MR) is 64.8 cm³/mol. The number of hydrogen-bond acceptors (Lipinski definition) is 5. The van der Waals surface area contributed by atoms with Crippen molar-refractivity contribution in [2.75, 3.05) is 18.5 Å². The molecule has 1 unspecified atom stereocenters. The molecule has 1 N–H and O–H groups in total. The molecule has 1 aliphatic rings. The number of fused-ring (bicyclic) bond motifs is 1. The first-order valence-electron chi connectivity index (χ1n) is 5.85. The molecule has 0 saturated carbocycles. The second kappa shape index (κ2) is 4.63. The van der Waals surface area contributed by atoms with Crippen LogP contribution in [-0.2, 0) is 4.74 Å². The number of ether oxygens (including phenoxy) is 1. The van der Waals surface area contributed by atoms with E-state index in [-0.39, 0.29) is 0 Å². The maximum Gasteiger partial charge on any atom is 0.243 e. The van der Waals surface area contributed by atoms with Gasteiger partial charge in [-0.1, -0.05) is 12.1 Å². The fraction of sp³-hybridized carbons (Fsp3) is 0.417. The van der Waals surface area contributed by atoms with Crippen molar-refractivity contribution in [1.82, 2.24) is 15.2 Å². The number of para-hydroxylation sites is 1. The normalized spacial score (nSPS) is 20.4. The van der Waals surface area contributed by atoms with E-state index in [1.54, 1.807) is 0 Å². The zero-order valence-corrected chi connectivity index (χ0v) is 9.47. The highest BCUT2D eigenvalue weighted by atomic mass is 16.5. The Labute approximate surface area is 99.2 Å². The van der Waals surface area contributed by atoms with E-state index in [4.69, 9.17) is 4.74 Å². The van der Waals surface area contributed by atoms with Crippen molar-refractivity contribution in [2.24, 2.45) is 0 Å². The summed E-state index contributed by atoms with van der Waals surface area (Å²) in [5.74, 6) is 0.583. The Hall–Kier alpha value is -1.75. The lowest BCUT2D eigenvalue weighted by Crippen LogP contribution is -2.30. The largest absolute Gasteiger partial charge is 0.379 e. The van der Waals surface area contributed by atoms with Gasteiger partial charge in [0.2, 0.25) is 5.95 Å². The van der Waals surface area contributed by atoms with Crippen molar-refractivity contribution >= 4 is 17.0 Å². The molecule has 88 valence electrons.